The van der Waals surface area contributed by atoms with Gasteiger partial charge in [0.2, 0.25) is 5.95 Å². The molecule has 0 radical (unpaired) electrons. The molecule has 0 spiro atoms. The minimum absolute atomic E-state index is 0.237. The van der Waals surface area contributed by atoms with Crippen LogP contribution in [0.25, 0.3) is 11.4 Å². The fourth-order valence-electron chi connectivity index (χ4n) is 4.53. The molecular weight excluding hydrogens is 480 g/mol. The molecule has 3 aromatic carbocycles. The van der Waals surface area contributed by atoms with E-state index in [9.17, 15) is 4.79 Å². The number of fused-ring (bicyclic) bond motifs is 1. The van der Waals surface area contributed by atoms with Gasteiger partial charge in [-0.2, -0.15) is 4.98 Å². The number of benzene rings is 3. The van der Waals surface area contributed by atoms with Gasteiger partial charge in [-0.05, 0) is 61.0 Å². The third kappa shape index (κ3) is 4.66. The molecular formula is C29H30N6O3. The number of allylic oxidation sites excluding steroid dienone is 1. The maximum atomic E-state index is 13.7. The Morgan fingerprint density at radius 3 is 2.34 bits per heavy atom. The number of hydrogen-bond donors (Lipinski definition) is 2. The minimum Gasteiger partial charge on any atom is -0.493 e. The number of rotatable bonds is 7. The minimum atomic E-state index is -0.558. The van der Waals surface area contributed by atoms with Gasteiger partial charge in [-0.1, -0.05) is 24.3 Å². The highest BCUT2D eigenvalue weighted by molar-refractivity contribution is 6.06. The second-order valence-electron chi connectivity index (χ2n) is 9.15. The number of para-hydroxylation sites is 1. The number of nitrogens with one attached hydrogen (secondary N) is 2. The Morgan fingerprint density at radius 1 is 0.974 bits per heavy atom. The molecule has 2 heterocycles. The van der Waals surface area contributed by atoms with Crippen molar-refractivity contribution in [3.63, 3.8) is 0 Å². The summed E-state index contributed by atoms with van der Waals surface area (Å²) in [6, 6.07) is 22.5. The van der Waals surface area contributed by atoms with Crippen LogP contribution in [0.2, 0.25) is 0 Å². The van der Waals surface area contributed by atoms with Crippen molar-refractivity contribution >= 4 is 23.2 Å². The fourth-order valence-corrected chi connectivity index (χ4v) is 4.53. The van der Waals surface area contributed by atoms with E-state index in [2.05, 4.69) is 10.6 Å². The van der Waals surface area contributed by atoms with Crippen molar-refractivity contribution in [2.75, 3.05) is 43.8 Å². The Bertz CT molecular complexity index is 1490. The summed E-state index contributed by atoms with van der Waals surface area (Å²) in [4.78, 5) is 20.5. The predicted octanol–water partition coefficient (Wildman–Crippen LogP) is 4.96. The van der Waals surface area contributed by atoms with Crippen molar-refractivity contribution in [3.05, 3.63) is 89.6 Å². The van der Waals surface area contributed by atoms with E-state index in [-0.39, 0.29) is 5.91 Å². The van der Waals surface area contributed by atoms with Gasteiger partial charge in [0.25, 0.3) is 5.91 Å². The van der Waals surface area contributed by atoms with E-state index in [1.165, 1.54) is 0 Å². The SMILES string of the molecule is COc1ccc(C2C(C(=O)Nc3ccccc3)=C(C)Nc3nc(-c4ccc(N(C)C)cc4)nn32)cc1OC. The number of carbonyl (C=O) groups is 1. The van der Waals surface area contributed by atoms with Crippen molar-refractivity contribution in [1.29, 1.82) is 0 Å². The second-order valence-corrected chi connectivity index (χ2v) is 9.15. The van der Waals surface area contributed by atoms with Gasteiger partial charge in [-0.3, -0.25) is 4.79 Å². The van der Waals surface area contributed by atoms with Crippen molar-refractivity contribution < 1.29 is 14.3 Å². The molecule has 2 N–H and O–H groups in total. The van der Waals surface area contributed by atoms with Gasteiger partial charge in [0.15, 0.2) is 17.3 Å². The maximum absolute atomic E-state index is 13.7. The van der Waals surface area contributed by atoms with Gasteiger partial charge in [0, 0.05) is 36.7 Å². The van der Waals surface area contributed by atoms with Crippen molar-refractivity contribution in [2.45, 2.75) is 13.0 Å². The van der Waals surface area contributed by atoms with Crippen molar-refractivity contribution in [1.82, 2.24) is 14.8 Å². The average Bonchev–Trinajstić information content (AvgIpc) is 3.36. The molecule has 9 nitrogen and oxygen atoms in total. The first-order valence-electron chi connectivity index (χ1n) is 12.2. The zero-order chi connectivity index (χ0) is 26.8. The van der Waals surface area contributed by atoms with Crippen LogP contribution in [-0.2, 0) is 4.79 Å². The van der Waals surface area contributed by atoms with Gasteiger partial charge in [0.05, 0.1) is 19.8 Å². The quantitative estimate of drug-likeness (QED) is 0.363. The zero-order valence-corrected chi connectivity index (χ0v) is 22.0. The molecule has 1 aliphatic rings. The van der Waals surface area contributed by atoms with E-state index < -0.39 is 6.04 Å². The number of methoxy groups -OCH3 is 2. The Hall–Kier alpha value is -4.79. The average molecular weight is 511 g/mol. The van der Waals surface area contributed by atoms with E-state index in [1.54, 1.807) is 18.9 Å². The van der Waals surface area contributed by atoms with Gasteiger partial charge in [-0.15, -0.1) is 5.10 Å². The molecule has 0 aliphatic carbocycles. The molecule has 9 heteroatoms. The monoisotopic (exact) mass is 510 g/mol. The predicted molar refractivity (Wildman–Crippen MR) is 149 cm³/mol. The largest absolute Gasteiger partial charge is 0.493 e. The fraction of sp³-hybridized carbons (Fsp3) is 0.207. The molecule has 5 rings (SSSR count). The number of nitrogens with zero attached hydrogens (tertiary/aromatic N) is 4. The molecule has 38 heavy (non-hydrogen) atoms. The van der Waals surface area contributed by atoms with Crippen molar-refractivity contribution in [3.8, 4) is 22.9 Å². The van der Waals surface area contributed by atoms with Crippen LogP contribution in [-0.4, -0.2) is 49.0 Å². The van der Waals surface area contributed by atoms with E-state index in [1.807, 2.05) is 98.7 Å². The Labute approximate surface area is 221 Å². The Kier molecular flexibility index (Phi) is 6.74. The van der Waals surface area contributed by atoms with Crippen LogP contribution in [0, 0.1) is 0 Å². The Morgan fingerprint density at radius 2 is 1.68 bits per heavy atom. The van der Waals surface area contributed by atoms with Gasteiger partial charge >= 0.3 is 0 Å². The second kappa shape index (κ2) is 10.3. The standard InChI is InChI=1S/C29H30N6O3/c1-18-25(28(36)31-21-9-7-6-8-10-21)26(20-13-16-23(37-4)24(17-20)38-5)35-29(30-18)32-27(33-35)19-11-14-22(15-12-19)34(2)3/h6-17,26H,1-5H3,(H,31,36)(H,30,32,33). The van der Waals surface area contributed by atoms with Crippen LogP contribution in [0.4, 0.5) is 17.3 Å². The van der Waals surface area contributed by atoms with Gasteiger partial charge in [-0.25, -0.2) is 4.68 Å². The highest BCUT2D eigenvalue weighted by Crippen LogP contribution is 2.40. The third-order valence-corrected chi connectivity index (χ3v) is 6.49. The van der Waals surface area contributed by atoms with E-state index in [4.69, 9.17) is 19.6 Å². The topological polar surface area (TPSA) is 93.5 Å². The molecule has 1 atom stereocenters. The lowest BCUT2D eigenvalue weighted by Crippen LogP contribution is -2.31. The molecule has 0 saturated heterocycles. The smallest absolute Gasteiger partial charge is 0.255 e. The molecule has 1 aliphatic heterocycles. The number of aromatic nitrogens is 3. The normalized spacial score (nSPS) is 14.4. The van der Waals surface area contributed by atoms with E-state index in [0.717, 1.165) is 16.8 Å². The van der Waals surface area contributed by atoms with Crippen LogP contribution in [0.1, 0.15) is 18.5 Å². The first-order valence-corrected chi connectivity index (χ1v) is 12.2. The lowest BCUT2D eigenvalue weighted by molar-refractivity contribution is -0.113. The van der Waals surface area contributed by atoms with Crippen LogP contribution in [0.3, 0.4) is 0 Å². The van der Waals surface area contributed by atoms with E-state index >= 15 is 0 Å². The maximum Gasteiger partial charge on any atom is 0.255 e. The number of amides is 1. The number of anilines is 3. The molecule has 4 aromatic rings. The summed E-state index contributed by atoms with van der Waals surface area (Å²) in [7, 11) is 7.17. The highest BCUT2D eigenvalue weighted by atomic mass is 16.5. The lowest BCUT2D eigenvalue weighted by Gasteiger charge is -2.29. The summed E-state index contributed by atoms with van der Waals surface area (Å²) in [6.07, 6.45) is 0. The lowest BCUT2D eigenvalue weighted by atomic mass is 9.94. The molecule has 1 amide bonds. The molecule has 1 aromatic heterocycles. The highest BCUT2D eigenvalue weighted by Gasteiger charge is 2.35. The molecule has 1 unspecified atom stereocenters. The summed E-state index contributed by atoms with van der Waals surface area (Å²) >= 11 is 0. The first kappa shape index (κ1) is 24.9. The van der Waals surface area contributed by atoms with Gasteiger partial charge in [0.1, 0.15) is 6.04 Å². The summed E-state index contributed by atoms with van der Waals surface area (Å²) in [5.41, 5.74) is 4.67. The van der Waals surface area contributed by atoms with Crippen LogP contribution < -0.4 is 25.0 Å². The van der Waals surface area contributed by atoms with Crippen LogP contribution in [0.5, 0.6) is 11.5 Å². The van der Waals surface area contributed by atoms with E-state index in [0.29, 0.717) is 40.2 Å². The number of ether oxygens (including phenoxy) is 2. The first-order chi connectivity index (χ1) is 18.4. The van der Waals surface area contributed by atoms with Crippen LogP contribution in [0.15, 0.2) is 84.1 Å². The Balaban J connectivity index is 1.61. The van der Waals surface area contributed by atoms with Crippen molar-refractivity contribution in [2.24, 2.45) is 0 Å². The summed E-state index contributed by atoms with van der Waals surface area (Å²) in [6.45, 7) is 1.87. The summed E-state index contributed by atoms with van der Waals surface area (Å²) in [5, 5.41) is 11.2. The third-order valence-electron chi connectivity index (χ3n) is 6.49. The number of hydrogen-bond acceptors (Lipinski definition) is 7. The summed E-state index contributed by atoms with van der Waals surface area (Å²) in [5.74, 6) is 2.02. The molecule has 0 fully saturated rings. The molecule has 0 saturated carbocycles. The number of carbonyl (C=O) groups excluding carboxylic acids is 1. The molecule has 194 valence electrons. The van der Waals surface area contributed by atoms with Crippen LogP contribution >= 0.6 is 0 Å². The summed E-state index contributed by atoms with van der Waals surface area (Å²) < 4.78 is 12.8. The molecule has 0 bridgehead atoms. The van der Waals surface area contributed by atoms with Gasteiger partial charge < -0.3 is 25.0 Å². The zero-order valence-electron chi connectivity index (χ0n) is 22.0.